The van der Waals surface area contributed by atoms with Crippen LogP contribution in [0.15, 0.2) is 30.3 Å². The van der Waals surface area contributed by atoms with Gasteiger partial charge in [0.25, 0.3) is 0 Å². The quantitative estimate of drug-likeness (QED) is 0.879. The molecule has 22 heavy (non-hydrogen) atoms. The molecule has 1 aromatic heterocycles. The highest BCUT2D eigenvalue weighted by Gasteiger charge is 2.34. The Morgan fingerprint density at radius 2 is 1.82 bits per heavy atom. The Balaban J connectivity index is 2.27. The van der Waals surface area contributed by atoms with Crippen LogP contribution in [0.5, 0.6) is 0 Å². The van der Waals surface area contributed by atoms with Crippen LogP contribution in [0.2, 0.25) is 0 Å². The van der Waals surface area contributed by atoms with Crippen LogP contribution < -0.4 is 10.2 Å². The number of alkyl halides is 3. The van der Waals surface area contributed by atoms with Crippen LogP contribution in [-0.4, -0.2) is 24.1 Å². The molecule has 0 unspecified atom stereocenters. The fourth-order valence-corrected chi connectivity index (χ4v) is 1.70. The minimum absolute atomic E-state index is 0.0130. The van der Waals surface area contributed by atoms with E-state index in [2.05, 4.69) is 15.3 Å². The lowest BCUT2D eigenvalue weighted by atomic mass is 10.2. The zero-order valence-electron chi connectivity index (χ0n) is 11.9. The third-order valence-electron chi connectivity index (χ3n) is 2.86. The molecule has 0 spiro atoms. The number of halogens is 4. The normalized spacial score (nSPS) is 11.4. The molecule has 0 saturated heterocycles. The van der Waals surface area contributed by atoms with E-state index in [1.807, 2.05) is 0 Å². The molecule has 1 heterocycles. The van der Waals surface area contributed by atoms with Gasteiger partial charge in [0.1, 0.15) is 11.6 Å². The molecule has 4 nitrogen and oxygen atoms in total. The number of anilines is 2. The monoisotopic (exact) mass is 314 g/mol. The molecule has 0 fully saturated rings. The molecule has 0 aliphatic carbocycles. The summed E-state index contributed by atoms with van der Waals surface area (Å²) in [6, 6.07) is 6.83. The number of benzene rings is 1. The first-order chi connectivity index (χ1) is 10.3. The molecule has 2 aromatic rings. The van der Waals surface area contributed by atoms with E-state index in [-0.39, 0.29) is 18.3 Å². The highest BCUT2D eigenvalue weighted by Crippen LogP contribution is 2.30. The van der Waals surface area contributed by atoms with Crippen molar-refractivity contribution >= 4 is 11.8 Å². The summed E-state index contributed by atoms with van der Waals surface area (Å²) in [6.07, 6.45) is -4.58. The first-order valence-corrected chi connectivity index (χ1v) is 6.38. The van der Waals surface area contributed by atoms with Crippen molar-refractivity contribution in [3.8, 4) is 0 Å². The van der Waals surface area contributed by atoms with Crippen LogP contribution >= 0.6 is 0 Å². The lowest BCUT2D eigenvalue weighted by molar-refractivity contribution is -0.141. The Labute approximate surface area is 124 Å². The summed E-state index contributed by atoms with van der Waals surface area (Å²) >= 11 is 0. The third-order valence-corrected chi connectivity index (χ3v) is 2.86. The van der Waals surface area contributed by atoms with Crippen molar-refractivity contribution in [3.05, 3.63) is 47.4 Å². The summed E-state index contributed by atoms with van der Waals surface area (Å²) in [5.74, 6) is -0.546. The summed E-state index contributed by atoms with van der Waals surface area (Å²) < 4.78 is 52.0. The highest BCUT2D eigenvalue weighted by molar-refractivity contribution is 5.44. The fourth-order valence-electron chi connectivity index (χ4n) is 1.70. The second kappa shape index (κ2) is 6.17. The molecule has 2 rings (SSSR count). The molecule has 8 heteroatoms. The third kappa shape index (κ3) is 3.84. The van der Waals surface area contributed by atoms with Gasteiger partial charge in [-0.05, 0) is 6.07 Å². The zero-order valence-corrected chi connectivity index (χ0v) is 11.9. The second-order valence-corrected chi connectivity index (χ2v) is 4.77. The van der Waals surface area contributed by atoms with Crippen LogP contribution in [0.25, 0.3) is 0 Å². The van der Waals surface area contributed by atoms with Crippen LogP contribution in [0.4, 0.5) is 29.3 Å². The average Bonchev–Trinajstić information content (AvgIpc) is 2.45. The van der Waals surface area contributed by atoms with Gasteiger partial charge < -0.3 is 10.2 Å². The number of rotatable bonds is 4. The molecular weight excluding hydrogens is 300 g/mol. The minimum Gasteiger partial charge on any atom is -0.363 e. The zero-order chi connectivity index (χ0) is 16.3. The van der Waals surface area contributed by atoms with E-state index in [1.165, 1.54) is 23.1 Å². The summed E-state index contributed by atoms with van der Waals surface area (Å²) in [7, 11) is 3.15. The second-order valence-electron chi connectivity index (χ2n) is 4.77. The van der Waals surface area contributed by atoms with Crippen LogP contribution in [0.3, 0.4) is 0 Å². The van der Waals surface area contributed by atoms with E-state index in [0.717, 1.165) is 6.07 Å². The number of hydrogen-bond donors (Lipinski definition) is 1. The van der Waals surface area contributed by atoms with Crippen molar-refractivity contribution in [2.45, 2.75) is 12.7 Å². The van der Waals surface area contributed by atoms with E-state index < -0.39 is 17.7 Å². The standard InChI is InChI=1S/C14H14F4N4/c1-22(2)12-7-11(14(16,17)18)20-13(21-12)19-8-9-5-3-4-6-10(9)15/h3-7H,8H2,1-2H3,(H,19,20,21). The van der Waals surface area contributed by atoms with Crippen LogP contribution in [-0.2, 0) is 12.7 Å². The fraction of sp³-hybridized carbons (Fsp3) is 0.286. The van der Waals surface area contributed by atoms with E-state index in [0.29, 0.717) is 5.56 Å². The molecule has 0 bridgehead atoms. The minimum atomic E-state index is -4.58. The molecule has 1 aromatic carbocycles. The molecule has 118 valence electrons. The highest BCUT2D eigenvalue weighted by atomic mass is 19.4. The summed E-state index contributed by atoms with van der Waals surface area (Å²) in [5.41, 5.74) is -0.739. The van der Waals surface area contributed by atoms with Gasteiger partial charge in [-0.1, -0.05) is 18.2 Å². The number of aromatic nitrogens is 2. The van der Waals surface area contributed by atoms with Crippen molar-refractivity contribution in [2.24, 2.45) is 0 Å². The van der Waals surface area contributed by atoms with Crippen molar-refractivity contribution in [3.63, 3.8) is 0 Å². The van der Waals surface area contributed by atoms with Crippen molar-refractivity contribution < 1.29 is 17.6 Å². The Hall–Kier alpha value is -2.38. The maximum atomic E-state index is 13.5. The summed E-state index contributed by atoms with van der Waals surface area (Å²) in [5, 5.41) is 2.62. The lowest BCUT2D eigenvalue weighted by Crippen LogP contribution is -2.17. The van der Waals surface area contributed by atoms with E-state index >= 15 is 0 Å². The summed E-state index contributed by atoms with van der Waals surface area (Å²) in [6.45, 7) is -0.0130. The first kappa shape index (κ1) is 16.0. The molecule has 0 aliphatic rings. The predicted octanol–water partition coefficient (Wildman–Crippen LogP) is 3.31. The van der Waals surface area contributed by atoms with Crippen LogP contribution in [0, 0.1) is 5.82 Å². The maximum Gasteiger partial charge on any atom is 0.433 e. The SMILES string of the molecule is CN(C)c1cc(C(F)(F)F)nc(NCc2ccccc2F)n1. The van der Waals surface area contributed by atoms with E-state index in [9.17, 15) is 17.6 Å². The summed E-state index contributed by atoms with van der Waals surface area (Å²) in [4.78, 5) is 8.84. The van der Waals surface area contributed by atoms with Gasteiger partial charge in [-0.3, -0.25) is 0 Å². The molecule has 0 radical (unpaired) electrons. The van der Waals surface area contributed by atoms with Crippen LogP contribution in [0.1, 0.15) is 11.3 Å². The largest absolute Gasteiger partial charge is 0.433 e. The molecule has 1 N–H and O–H groups in total. The van der Waals surface area contributed by atoms with E-state index in [1.54, 1.807) is 20.2 Å². The first-order valence-electron chi connectivity index (χ1n) is 6.38. The number of hydrogen-bond acceptors (Lipinski definition) is 4. The van der Waals surface area contributed by atoms with Crippen molar-refractivity contribution in [1.29, 1.82) is 0 Å². The lowest BCUT2D eigenvalue weighted by Gasteiger charge is -2.16. The molecule has 0 aliphatic heterocycles. The molecular formula is C14H14F4N4. The topological polar surface area (TPSA) is 41.1 Å². The predicted molar refractivity (Wildman–Crippen MR) is 75.1 cm³/mol. The van der Waals surface area contributed by atoms with Gasteiger partial charge in [-0.15, -0.1) is 0 Å². The Kier molecular flexibility index (Phi) is 4.48. The average molecular weight is 314 g/mol. The smallest absolute Gasteiger partial charge is 0.363 e. The number of nitrogens with zero attached hydrogens (tertiary/aromatic N) is 3. The van der Waals surface area contributed by atoms with Gasteiger partial charge >= 0.3 is 6.18 Å². The van der Waals surface area contributed by atoms with Gasteiger partial charge in [-0.25, -0.2) is 9.37 Å². The molecule has 0 atom stereocenters. The number of nitrogens with one attached hydrogen (secondary N) is 1. The Bertz CT molecular complexity index is 656. The molecule has 0 amide bonds. The van der Waals surface area contributed by atoms with E-state index in [4.69, 9.17) is 0 Å². The van der Waals surface area contributed by atoms with Gasteiger partial charge in [0.05, 0.1) is 0 Å². The van der Waals surface area contributed by atoms with Gasteiger partial charge in [0.15, 0.2) is 5.69 Å². The van der Waals surface area contributed by atoms with Crippen molar-refractivity contribution in [1.82, 2.24) is 9.97 Å². The van der Waals surface area contributed by atoms with Gasteiger partial charge in [-0.2, -0.15) is 18.2 Å². The molecule has 0 saturated carbocycles. The Morgan fingerprint density at radius 3 is 2.41 bits per heavy atom. The maximum absolute atomic E-state index is 13.5. The van der Waals surface area contributed by atoms with Gasteiger partial charge in [0, 0.05) is 32.3 Å². The van der Waals surface area contributed by atoms with Gasteiger partial charge in [0.2, 0.25) is 5.95 Å². The Morgan fingerprint density at radius 1 is 1.14 bits per heavy atom. The van der Waals surface area contributed by atoms with Crippen molar-refractivity contribution in [2.75, 3.05) is 24.3 Å².